The van der Waals surface area contributed by atoms with Gasteiger partial charge in [-0.05, 0) is 48.9 Å². The van der Waals surface area contributed by atoms with E-state index in [1.165, 1.54) is 20.7 Å². The minimum Gasteiger partial charge on any atom is -0.492 e. The first-order chi connectivity index (χ1) is 17.1. The molecule has 2 heterocycles. The van der Waals surface area contributed by atoms with Gasteiger partial charge in [0.05, 0.1) is 43.1 Å². The van der Waals surface area contributed by atoms with E-state index in [1.54, 1.807) is 30.3 Å². The average molecular weight is 540 g/mol. The number of nitrogens with zero attached hydrogens (tertiary/aromatic N) is 2. The average Bonchev–Trinajstić information content (AvgIpc) is 2.86. The molecular formula is C23H29N3O8S2. The standard InChI is InChI=1S/C23H29N3O8S2/c1-17-3-8-21-20(15-17)26(35(2,28)29)16-22(34-21)23(27)24-9-12-33-18-4-6-19(7-5-18)36(30,31)25-10-13-32-14-11-25/h3-8,15,22H,9-14,16H2,1-2H3,(H,24,27)/t22-/m1/s1. The van der Waals surface area contributed by atoms with Crippen LogP contribution in [0.2, 0.25) is 0 Å². The third-order valence-electron chi connectivity index (χ3n) is 5.78. The van der Waals surface area contributed by atoms with Crippen LogP contribution in [0.3, 0.4) is 0 Å². The summed E-state index contributed by atoms with van der Waals surface area (Å²) in [6.45, 7) is 3.35. The third kappa shape index (κ3) is 5.91. The Hall–Kier alpha value is -2.87. The van der Waals surface area contributed by atoms with Gasteiger partial charge in [0.25, 0.3) is 5.91 Å². The highest BCUT2D eigenvalue weighted by molar-refractivity contribution is 7.92. The van der Waals surface area contributed by atoms with Gasteiger partial charge in [-0.2, -0.15) is 4.31 Å². The maximum absolute atomic E-state index is 12.7. The van der Waals surface area contributed by atoms with Crippen molar-refractivity contribution in [2.24, 2.45) is 0 Å². The van der Waals surface area contributed by atoms with Crippen molar-refractivity contribution >= 4 is 31.6 Å². The number of anilines is 1. The van der Waals surface area contributed by atoms with E-state index in [9.17, 15) is 21.6 Å². The Morgan fingerprint density at radius 3 is 2.44 bits per heavy atom. The summed E-state index contributed by atoms with van der Waals surface area (Å²) in [7, 11) is -7.19. The zero-order valence-electron chi connectivity index (χ0n) is 20.0. The molecule has 36 heavy (non-hydrogen) atoms. The van der Waals surface area contributed by atoms with Gasteiger partial charge in [-0.15, -0.1) is 0 Å². The second-order valence-corrected chi connectivity index (χ2v) is 12.3. The van der Waals surface area contributed by atoms with Gasteiger partial charge < -0.3 is 19.5 Å². The van der Waals surface area contributed by atoms with Crippen molar-refractivity contribution in [2.75, 3.05) is 56.6 Å². The lowest BCUT2D eigenvalue weighted by Gasteiger charge is -2.34. The summed E-state index contributed by atoms with van der Waals surface area (Å²) < 4.78 is 69.1. The Bertz CT molecular complexity index is 1310. The van der Waals surface area contributed by atoms with Gasteiger partial charge in [-0.1, -0.05) is 6.07 Å². The minimum absolute atomic E-state index is 0.125. The molecule has 0 spiro atoms. The number of sulfonamides is 2. The fourth-order valence-corrected chi connectivity index (χ4v) is 6.23. The fraction of sp³-hybridized carbons (Fsp3) is 0.435. The number of rotatable bonds is 8. The molecule has 11 nitrogen and oxygen atoms in total. The normalized spacial score (nSPS) is 18.7. The molecule has 0 bridgehead atoms. The van der Waals surface area contributed by atoms with Crippen molar-refractivity contribution < 1.29 is 35.8 Å². The van der Waals surface area contributed by atoms with E-state index in [0.29, 0.717) is 43.5 Å². The van der Waals surface area contributed by atoms with E-state index in [0.717, 1.165) is 11.8 Å². The molecule has 0 radical (unpaired) electrons. The quantitative estimate of drug-likeness (QED) is 0.486. The van der Waals surface area contributed by atoms with Gasteiger partial charge in [0, 0.05) is 13.1 Å². The number of nitrogens with one attached hydrogen (secondary N) is 1. The van der Waals surface area contributed by atoms with Crippen molar-refractivity contribution in [3.63, 3.8) is 0 Å². The zero-order valence-corrected chi connectivity index (χ0v) is 21.7. The Labute approximate surface area is 211 Å². The lowest BCUT2D eigenvalue weighted by Crippen LogP contribution is -2.51. The summed E-state index contributed by atoms with van der Waals surface area (Å²) in [5.41, 5.74) is 1.28. The van der Waals surface area contributed by atoms with Gasteiger partial charge in [0.1, 0.15) is 18.1 Å². The molecule has 0 aliphatic carbocycles. The number of ether oxygens (including phenoxy) is 3. The second-order valence-electron chi connectivity index (χ2n) is 8.50. The second kappa shape index (κ2) is 10.6. The molecule has 1 amide bonds. The van der Waals surface area contributed by atoms with Gasteiger partial charge >= 0.3 is 0 Å². The third-order valence-corrected chi connectivity index (χ3v) is 8.84. The van der Waals surface area contributed by atoms with Crippen LogP contribution in [-0.4, -0.2) is 85.4 Å². The summed E-state index contributed by atoms with van der Waals surface area (Å²) in [6.07, 6.45) is 0.0737. The lowest BCUT2D eigenvalue weighted by molar-refractivity contribution is -0.127. The molecule has 2 aromatic carbocycles. The van der Waals surface area contributed by atoms with Crippen LogP contribution in [0.4, 0.5) is 5.69 Å². The van der Waals surface area contributed by atoms with Crippen LogP contribution >= 0.6 is 0 Å². The highest BCUT2D eigenvalue weighted by Crippen LogP contribution is 2.35. The summed E-state index contributed by atoms with van der Waals surface area (Å²) in [5.74, 6) is 0.304. The molecule has 2 aliphatic rings. The number of benzene rings is 2. The SMILES string of the molecule is Cc1ccc2c(c1)N(S(C)(=O)=O)C[C@H](C(=O)NCCOc1ccc(S(=O)(=O)N3CCOCC3)cc1)O2. The van der Waals surface area contributed by atoms with Gasteiger partial charge in [-0.25, -0.2) is 16.8 Å². The molecule has 0 aromatic heterocycles. The van der Waals surface area contributed by atoms with E-state index >= 15 is 0 Å². The molecule has 2 aliphatic heterocycles. The molecule has 1 N–H and O–H groups in total. The number of aryl methyl sites for hydroxylation is 1. The first-order valence-electron chi connectivity index (χ1n) is 11.4. The molecule has 1 fully saturated rings. The Balaban J connectivity index is 1.30. The fourth-order valence-electron chi connectivity index (χ4n) is 3.91. The van der Waals surface area contributed by atoms with E-state index in [-0.39, 0.29) is 24.6 Å². The number of carbonyl (C=O) groups excluding carboxylic acids is 1. The molecule has 1 atom stereocenters. The van der Waals surface area contributed by atoms with Crippen LogP contribution in [0.1, 0.15) is 5.56 Å². The van der Waals surface area contributed by atoms with Crippen molar-refractivity contribution in [3.05, 3.63) is 48.0 Å². The Morgan fingerprint density at radius 2 is 1.78 bits per heavy atom. The summed E-state index contributed by atoms with van der Waals surface area (Å²) in [5, 5.41) is 2.69. The molecule has 0 unspecified atom stereocenters. The molecule has 4 rings (SSSR count). The van der Waals surface area contributed by atoms with Crippen molar-refractivity contribution in [1.29, 1.82) is 0 Å². The van der Waals surface area contributed by atoms with Crippen molar-refractivity contribution in [2.45, 2.75) is 17.9 Å². The van der Waals surface area contributed by atoms with E-state index in [2.05, 4.69) is 5.32 Å². The van der Waals surface area contributed by atoms with Crippen LogP contribution in [0.25, 0.3) is 0 Å². The highest BCUT2D eigenvalue weighted by atomic mass is 32.2. The predicted octanol–water partition coefficient (Wildman–Crippen LogP) is 0.738. The van der Waals surface area contributed by atoms with E-state index < -0.39 is 32.1 Å². The molecule has 196 valence electrons. The van der Waals surface area contributed by atoms with Crippen LogP contribution < -0.4 is 19.1 Å². The summed E-state index contributed by atoms with van der Waals surface area (Å²) in [6, 6.07) is 11.2. The van der Waals surface area contributed by atoms with Crippen LogP contribution in [0.15, 0.2) is 47.4 Å². The molecule has 2 aromatic rings. The Kier molecular flexibility index (Phi) is 7.73. The maximum Gasteiger partial charge on any atom is 0.263 e. The van der Waals surface area contributed by atoms with E-state index in [1.807, 2.05) is 6.92 Å². The minimum atomic E-state index is -3.61. The first kappa shape index (κ1) is 26.2. The first-order valence-corrected chi connectivity index (χ1v) is 14.7. The maximum atomic E-state index is 12.7. The van der Waals surface area contributed by atoms with Crippen molar-refractivity contribution in [3.8, 4) is 11.5 Å². The number of carbonyl (C=O) groups is 1. The Morgan fingerprint density at radius 1 is 1.08 bits per heavy atom. The monoisotopic (exact) mass is 539 g/mol. The highest BCUT2D eigenvalue weighted by Gasteiger charge is 2.35. The molecule has 0 saturated carbocycles. The summed E-state index contributed by atoms with van der Waals surface area (Å²) >= 11 is 0. The predicted molar refractivity (Wildman–Crippen MR) is 132 cm³/mol. The van der Waals surface area contributed by atoms with Crippen LogP contribution in [0, 0.1) is 6.92 Å². The number of hydrogen-bond acceptors (Lipinski definition) is 8. The number of morpholine rings is 1. The van der Waals surface area contributed by atoms with E-state index in [4.69, 9.17) is 14.2 Å². The van der Waals surface area contributed by atoms with Crippen LogP contribution in [-0.2, 0) is 29.6 Å². The van der Waals surface area contributed by atoms with Crippen LogP contribution in [0.5, 0.6) is 11.5 Å². The number of fused-ring (bicyclic) bond motifs is 1. The molecule has 13 heteroatoms. The van der Waals surface area contributed by atoms with Gasteiger partial charge in [-0.3, -0.25) is 9.10 Å². The topological polar surface area (TPSA) is 132 Å². The zero-order chi connectivity index (χ0) is 25.9. The molecular weight excluding hydrogens is 510 g/mol. The van der Waals surface area contributed by atoms with Gasteiger partial charge in [0.2, 0.25) is 20.0 Å². The lowest BCUT2D eigenvalue weighted by atomic mass is 10.1. The smallest absolute Gasteiger partial charge is 0.263 e. The van der Waals surface area contributed by atoms with Crippen molar-refractivity contribution in [1.82, 2.24) is 9.62 Å². The summed E-state index contributed by atoms with van der Waals surface area (Å²) in [4.78, 5) is 12.8. The number of amides is 1. The largest absolute Gasteiger partial charge is 0.492 e. The number of hydrogen-bond donors (Lipinski definition) is 1. The molecule has 1 saturated heterocycles. The van der Waals surface area contributed by atoms with Gasteiger partial charge in [0.15, 0.2) is 6.10 Å².